The maximum Gasteiger partial charge on any atom is 0.472 e. The fraction of sp³-hybridized carbons (Fsp3) is 0.960. The first-order chi connectivity index (χ1) is 16.8. The molecule has 0 aliphatic rings. The standard InChI is InChI=1S/C25H52NO8P/c1-3-4-5-6-7-8-9-10-11-12-13-14-15-16-17-18-19-32-20-23(31-2)21-33-35(29,30)34-22-24(26)25(27)28/h23-24H,3-22,26H2,1-2H3,(H,27,28)(H,29,30)/t23-,24-/m0/s1. The smallest absolute Gasteiger partial charge is 0.472 e. The number of ether oxygens (including phenoxy) is 2. The average Bonchev–Trinajstić information content (AvgIpc) is 2.83. The predicted octanol–water partition coefficient (Wildman–Crippen LogP) is 5.83. The fourth-order valence-electron chi connectivity index (χ4n) is 3.61. The molecule has 10 heteroatoms. The van der Waals surface area contributed by atoms with Crippen LogP contribution in [0.3, 0.4) is 0 Å². The highest BCUT2D eigenvalue weighted by Crippen LogP contribution is 2.43. The van der Waals surface area contributed by atoms with Crippen molar-refractivity contribution in [2.45, 2.75) is 122 Å². The zero-order valence-corrected chi connectivity index (χ0v) is 23.1. The molecule has 9 nitrogen and oxygen atoms in total. The van der Waals surface area contributed by atoms with Crippen LogP contribution in [0.4, 0.5) is 0 Å². The fourth-order valence-corrected chi connectivity index (χ4v) is 4.39. The van der Waals surface area contributed by atoms with E-state index in [-0.39, 0.29) is 13.2 Å². The van der Waals surface area contributed by atoms with Crippen molar-refractivity contribution in [3.8, 4) is 0 Å². The van der Waals surface area contributed by atoms with E-state index in [4.69, 9.17) is 24.8 Å². The molecule has 35 heavy (non-hydrogen) atoms. The molecule has 0 bridgehead atoms. The maximum absolute atomic E-state index is 11.8. The summed E-state index contributed by atoms with van der Waals surface area (Å²) in [6.07, 6.45) is 20.5. The molecule has 210 valence electrons. The summed E-state index contributed by atoms with van der Waals surface area (Å²) in [5.74, 6) is -1.33. The van der Waals surface area contributed by atoms with E-state index in [1.807, 2.05) is 0 Å². The molecule has 3 atom stereocenters. The maximum atomic E-state index is 11.8. The van der Waals surface area contributed by atoms with Gasteiger partial charge in [0, 0.05) is 13.7 Å². The van der Waals surface area contributed by atoms with Gasteiger partial charge in [0.25, 0.3) is 0 Å². The number of phosphoric acid groups is 1. The molecule has 0 aromatic rings. The zero-order chi connectivity index (χ0) is 26.2. The van der Waals surface area contributed by atoms with Gasteiger partial charge in [0.1, 0.15) is 12.1 Å². The van der Waals surface area contributed by atoms with E-state index in [0.717, 1.165) is 12.8 Å². The van der Waals surface area contributed by atoms with Crippen molar-refractivity contribution >= 4 is 13.8 Å². The predicted molar refractivity (Wildman–Crippen MR) is 139 cm³/mol. The molecule has 0 aromatic carbocycles. The Bertz CT molecular complexity index is 538. The minimum absolute atomic E-state index is 0.217. The van der Waals surface area contributed by atoms with Crippen LogP contribution in [-0.4, -0.2) is 61.7 Å². The second kappa shape index (κ2) is 23.8. The highest BCUT2D eigenvalue weighted by Gasteiger charge is 2.26. The third-order valence-corrected chi connectivity index (χ3v) is 6.89. The number of hydrogen-bond donors (Lipinski definition) is 3. The Morgan fingerprint density at radius 1 is 0.771 bits per heavy atom. The molecule has 0 saturated carbocycles. The van der Waals surface area contributed by atoms with Crippen molar-refractivity contribution in [2.24, 2.45) is 5.73 Å². The lowest BCUT2D eigenvalue weighted by Gasteiger charge is -2.18. The highest BCUT2D eigenvalue weighted by molar-refractivity contribution is 7.47. The third kappa shape index (κ3) is 23.6. The lowest BCUT2D eigenvalue weighted by molar-refractivity contribution is -0.139. The van der Waals surface area contributed by atoms with E-state index in [2.05, 4.69) is 11.4 Å². The molecule has 0 aliphatic heterocycles. The molecular formula is C25H52NO8P. The van der Waals surface area contributed by atoms with Crippen LogP contribution < -0.4 is 5.73 Å². The van der Waals surface area contributed by atoms with Gasteiger partial charge in [-0.25, -0.2) is 4.57 Å². The summed E-state index contributed by atoms with van der Waals surface area (Å²) < 4.78 is 32.0. The molecular weight excluding hydrogens is 473 g/mol. The molecule has 4 N–H and O–H groups in total. The minimum Gasteiger partial charge on any atom is -0.480 e. The summed E-state index contributed by atoms with van der Waals surface area (Å²) >= 11 is 0. The summed E-state index contributed by atoms with van der Waals surface area (Å²) in [5, 5.41) is 8.66. The van der Waals surface area contributed by atoms with Gasteiger partial charge in [-0.15, -0.1) is 0 Å². The van der Waals surface area contributed by atoms with Crippen molar-refractivity contribution in [3.05, 3.63) is 0 Å². The lowest BCUT2D eigenvalue weighted by Crippen LogP contribution is -2.34. The molecule has 1 unspecified atom stereocenters. The first-order valence-corrected chi connectivity index (χ1v) is 15.0. The van der Waals surface area contributed by atoms with Crippen LogP contribution in [0.15, 0.2) is 0 Å². The molecule has 0 saturated heterocycles. The van der Waals surface area contributed by atoms with Gasteiger partial charge in [0.2, 0.25) is 0 Å². The van der Waals surface area contributed by atoms with Crippen molar-refractivity contribution in [2.75, 3.05) is 33.5 Å². The quantitative estimate of drug-likeness (QED) is 0.0893. The van der Waals surface area contributed by atoms with Gasteiger partial charge in [-0.2, -0.15) is 0 Å². The summed E-state index contributed by atoms with van der Waals surface area (Å²) in [4.78, 5) is 20.2. The van der Waals surface area contributed by atoms with Crippen LogP contribution in [0.25, 0.3) is 0 Å². The summed E-state index contributed by atoms with van der Waals surface area (Å²) in [7, 11) is -2.96. The Kier molecular flexibility index (Phi) is 23.5. The molecule has 0 amide bonds. The Labute approximate surface area is 213 Å². The number of methoxy groups -OCH3 is 1. The van der Waals surface area contributed by atoms with Gasteiger partial charge < -0.3 is 25.2 Å². The van der Waals surface area contributed by atoms with Gasteiger partial charge >= 0.3 is 13.8 Å². The number of carboxylic acids is 1. The first-order valence-electron chi connectivity index (χ1n) is 13.5. The van der Waals surface area contributed by atoms with Crippen LogP contribution >= 0.6 is 7.82 Å². The largest absolute Gasteiger partial charge is 0.480 e. The highest BCUT2D eigenvalue weighted by atomic mass is 31.2. The van der Waals surface area contributed by atoms with E-state index >= 15 is 0 Å². The second-order valence-corrected chi connectivity index (χ2v) is 10.7. The summed E-state index contributed by atoms with van der Waals surface area (Å²) in [5.41, 5.74) is 5.23. The minimum atomic E-state index is -4.41. The molecule has 0 aromatic heterocycles. The lowest BCUT2D eigenvalue weighted by atomic mass is 10.0. The average molecular weight is 526 g/mol. The van der Waals surface area contributed by atoms with Crippen LogP contribution in [0.5, 0.6) is 0 Å². The third-order valence-electron chi connectivity index (χ3n) is 5.94. The molecule has 0 spiro atoms. The van der Waals surface area contributed by atoms with E-state index in [0.29, 0.717) is 6.61 Å². The van der Waals surface area contributed by atoms with Crippen molar-refractivity contribution < 1.29 is 37.9 Å². The van der Waals surface area contributed by atoms with Crippen LogP contribution in [0.1, 0.15) is 110 Å². The SMILES string of the molecule is CCCCCCCCCCCCCCCCCCOC[C@@H](COP(=O)(O)OC[C@H](N)C(=O)O)OC. The van der Waals surface area contributed by atoms with E-state index in [1.165, 1.54) is 97.0 Å². The number of carbonyl (C=O) groups is 1. The summed E-state index contributed by atoms with van der Waals surface area (Å²) in [6, 6.07) is -1.40. The number of aliphatic carboxylic acids is 1. The van der Waals surface area contributed by atoms with Gasteiger partial charge in [-0.05, 0) is 6.42 Å². The second-order valence-electron chi connectivity index (χ2n) is 9.24. The Balaban J connectivity index is 3.51. The van der Waals surface area contributed by atoms with Crippen molar-refractivity contribution in [3.63, 3.8) is 0 Å². The van der Waals surface area contributed by atoms with Crippen LogP contribution in [0, 0.1) is 0 Å². The van der Waals surface area contributed by atoms with E-state index in [1.54, 1.807) is 0 Å². The molecule has 0 aliphatic carbocycles. The summed E-state index contributed by atoms with van der Waals surface area (Å²) in [6.45, 7) is 2.24. The Morgan fingerprint density at radius 2 is 1.20 bits per heavy atom. The first kappa shape index (κ1) is 34.5. The van der Waals surface area contributed by atoms with Gasteiger partial charge in [0.15, 0.2) is 0 Å². The van der Waals surface area contributed by atoms with Crippen LogP contribution in [-0.2, 0) is 27.9 Å². The van der Waals surface area contributed by atoms with Gasteiger partial charge in [-0.3, -0.25) is 13.8 Å². The number of unbranched alkanes of at least 4 members (excludes halogenated alkanes) is 15. The molecule has 0 rings (SSSR count). The van der Waals surface area contributed by atoms with Crippen molar-refractivity contribution in [1.29, 1.82) is 0 Å². The van der Waals surface area contributed by atoms with Crippen molar-refractivity contribution in [1.82, 2.24) is 0 Å². The number of rotatable bonds is 27. The van der Waals surface area contributed by atoms with Gasteiger partial charge in [0.05, 0.1) is 19.8 Å². The molecule has 0 heterocycles. The molecule has 0 fully saturated rings. The normalized spacial score (nSPS) is 15.1. The molecule has 0 radical (unpaired) electrons. The Hall–Kier alpha value is -0.540. The zero-order valence-electron chi connectivity index (χ0n) is 22.2. The topological polar surface area (TPSA) is 138 Å². The number of nitrogens with two attached hydrogens (primary N) is 1. The van der Waals surface area contributed by atoms with Crippen LogP contribution in [0.2, 0.25) is 0 Å². The monoisotopic (exact) mass is 525 g/mol. The number of phosphoric ester groups is 1. The van der Waals surface area contributed by atoms with Gasteiger partial charge in [-0.1, -0.05) is 103 Å². The van der Waals surface area contributed by atoms with E-state index < -0.39 is 32.5 Å². The van der Waals surface area contributed by atoms with E-state index in [9.17, 15) is 14.3 Å². The number of carboxylic acid groups (broad SMARTS) is 1. The number of hydrogen-bond acceptors (Lipinski definition) is 7. The Morgan fingerprint density at radius 3 is 1.63 bits per heavy atom.